The fourth-order valence-corrected chi connectivity index (χ4v) is 5.17. The van der Waals surface area contributed by atoms with Gasteiger partial charge in [0.1, 0.15) is 0 Å². The van der Waals surface area contributed by atoms with E-state index in [0.29, 0.717) is 16.8 Å². The second-order valence-electron chi connectivity index (χ2n) is 8.87. The van der Waals surface area contributed by atoms with E-state index in [2.05, 4.69) is 29.1 Å². The number of benzene rings is 3. The molecule has 3 aromatic carbocycles. The normalized spacial score (nSPS) is 12.3. The van der Waals surface area contributed by atoms with Gasteiger partial charge in [0.15, 0.2) is 0 Å². The summed E-state index contributed by atoms with van der Waals surface area (Å²) < 4.78 is 28.9. The van der Waals surface area contributed by atoms with E-state index >= 15 is 0 Å². The van der Waals surface area contributed by atoms with Crippen LogP contribution in [0.1, 0.15) is 62.3 Å². The van der Waals surface area contributed by atoms with Crippen LogP contribution in [0.25, 0.3) is 0 Å². The number of anilines is 1. The molecule has 6 heteroatoms. The maximum Gasteiger partial charge on any atom is 0.262 e. The zero-order valence-electron chi connectivity index (χ0n) is 20.3. The molecule has 174 valence electrons. The Morgan fingerprint density at radius 2 is 1.33 bits per heavy atom. The van der Waals surface area contributed by atoms with E-state index in [-0.39, 0.29) is 16.8 Å². The number of sulfonamides is 1. The highest BCUT2D eigenvalue weighted by atomic mass is 32.2. The molecule has 0 aliphatic heterocycles. The summed E-state index contributed by atoms with van der Waals surface area (Å²) >= 11 is 0. The van der Waals surface area contributed by atoms with Crippen LogP contribution in [-0.2, 0) is 10.0 Å². The molecule has 0 aliphatic rings. The molecular weight excluding hydrogens is 432 g/mol. The van der Waals surface area contributed by atoms with Crippen LogP contribution in [0.3, 0.4) is 0 Å². The van der Waals surface area contributed by atoms with Gasteiger partial charge in [-0.3, -0.25) is 9.52 Å². The van der Waals surface area contributed by atoms with Crippen molar-refractivity contribution < 1.29 is 13.2 Å². The van der Waals surface area contributed by atoms with Crippen LogP contribution in [0.2, 0.25) is 0 Å². The maximum atomic E-state index is 13.1. The summed E-state index contributed by atoms with van der Waals surface area (Å²) in [5, 5.41) is 3.01. The molecule has 0 fully saturated rings. The molecule has 0 saturated carbocycles. The Hall–Kier alpha value is -3.12. The predicted octanol–water partition coefficient (Wildman–Crippen LogP) is 5.83. The van der Waals surface area contributed by atoms with Gasteiger partial charge < -0.3 is 5.32 Å². The molecule has 1 atom stereocenters. The van der Waals surface area contributed by atoms with Crippen molar-refractivity contribution in [1.82, 2.24) is 5.32 Å². The third-order valence-corrected chi connectivity index (χ3v) is 7.72. The quantitative estimate of drug-likeness (QED) is 0.482. The van der Waals surface area contributed by atoms with Crippen LogP contribution in [0, 0.1) is 41.5 Å². The Bertz CT molecular complexity index is 1330. The molecule has 1 amide bonds. The molecule has 0 radical (unpaired) electrons. The molecule has 0 heterocycles. The molecule has 0 spiro atoms. The van der Waals surface area contributed by atoms with Crippen LogP contribution < -0.4 is 10.0 Å². The minimum Gasteiger partial charge on any atom is -0.346 e. The SMILES string of the molecule is Cc1ccc(NS(=O)(=O)c2cc(C(=O)N[C@H](C)c3cc(C)c(C)cc3C)ccc2C)cc1C. The van der Waals surface area contributed by atoms with Crippen molar-refractivity contribution >= 4 is 21.6 Å². The maximum absolute atomic E-state index is 13.1. The average molecular weight is 465 g/mol. The molecule has 2 N–H and O–H groups in total. The lowest BCUT2D eigenvalue weighted by Gasteiger charge is -2.19. The van der Waals surface area contributed by atoms with E-state index in [4.69, 9.17) is 0 Å². The molecule has 0 aromatic heterocycles. The third kappa shape index (κ3) is 5.45. The topological polar surface area (TPSA) is 75.3 Å². The largest absolute Gasteiger partial charge is 0.346 e. The smallest absolute Gasteiger partial charge is 0.262 e. The zero-order chi connectivity index (χ0) is 24.5. The summed E-state index contributed by atoms with van der Waals surface area (Å²) in [5.74, 6) is -0.317. The number of nitrogens with one attached hydrogen (secondary N) is 2. The van der Waals surface area contributed by atoms with Crippen molar-refractivity contribution in [3.8, 4) is 0 Å². The van der Waals surface area contributed by atoms with E-state index in [1.165, 1.54) is 11.6 Å². The molecular formula is C27H32N2O3S. The molecule has 0 unspecified atom stereocenters. The van der Waals surface area contributed by atoms with Crippen molar-refractivity contribution in [2.75, 3.05) is 4.72 Å². The summed E-state index contributed by atoms with van der Waals surface area (Å²) in [6.07, 6.45) is 0. The molecule has 3 rings (SSSR count). The summed E-state index contributed by atoms with van der Waals surface area (Å²) in [4.78, 5) is 13.1. The van der Waals surface area contributed by atoms with Crippen LogP contribution in [0.15, 0.2) is 53.4 Å². The van der Waals surface area contributed by atoms with Gasteiger partial charge in [-0.15, -0.1) is 0 Å². The number of rotatable bonds is 6. The molecule has 0 saturated heterocycles. The minimum absolute atomic E-state index is 0.0865. The van der Waals surface area contributed by atoms with Gasteiger partial charge in [-0.1, -0.05) is 24.3 Å². The van der Waals surface area contributed by atoms with Crippen LogP contribution in [0.5, 0.6) is 0 Å². The standard InChI is InChI=1S/C27H32N2O3S/c1-16-9-11-24(13-19(16)4)29-33(31,32)26-15-23(10-8-17(26)2)27(30)28-22(7)25-14-20(5)18(3)12-21(25)6/h8-15,22,29H,1-7H3,(H,28,30)/t22-/m1/s1. The molecule has 5 nitrogen and oxygen atoms in total. The number of hydrogen-bond acceptors (Lipinski definition) is 3. The van der Waals surface area contributed by atoms with Gasteiger partial charge in [0.25, 0.3) is 15.9 Å². The van der Waals surface area contributed by atoms with Crippen LogP contribution in [-0.4, -0.2) is 14.3 Å². The lowest BCUT2D eigenvalue weighted by molar-refractivity contribution is 0.0939. The predicted molar refractivity (Wildman–Crippen MR) is 134 cm³/mol. The number of hydrogen-bond donors (Lipinski definition) is 2. The van der Waals surface area contributed by atoms with Crippen LogP contribution in [0.4, 0.5) is 5.69 Å². The number of aryl methyl sites for hydroxylation is 6. The summed E-state index contributed by atoms with van der Waals surface area (Å²) in [5.41, 5.74) is 7.97. The fourth-order valence-electron chi connectivity index (χ4n) is 3.85. The van der Waals surface area contributed by atoms with Gasteiger partial charge >= 0.3 is 0 Å². The van der Waals surface area contributed by atoms with E-state index in [9.17, 15) is 13.2 Å². The van der Waals surface area contributed by atoms with Crippen molar-refractivity contribution in [2.24, 2.45) is 0 Å². The Kier molecular flexibility index (Phi) is 6.98. The summed E-state index contributed by atoms with van der Waals surface area (Å²) in [6.45, 7) is 13.7. The minimum atomic E-state index is -3.86. The van der Waals surface area contributed by atoms with Crippen molar-refractivity contribution in [1.29, 1.82) is 0 Å². The Morgan fingerprint density at radius 1 is 0.727 bits per heavy atom. The molecule has 33 heavy (non-hydrogen) atoms. The second-order valence-corrected chi connectivity index (χ2v) is 10.5. The third-order valence-electron chi connectivity index (χ3n) is 6.20. The fraction of sp³-hybridized carbons (Fsp3) is 0.296. The Balaban J connectivity index is 1.86. The number of carbonyl (C=O) groups excluding carboxylic acids is 1. The van der Waals surface area contributed by atoms with Gasteiger partial charge in [-0.2, -0.15) is 0 Å². The number of amides is 1. The highest BCUT2D eigenvalue weighted by Crippen LogP contribution is 2.24. The van der Waals surface area contributed by atoms with Crippen molar-refractivity contribution in [3.05, 3.63) is 93.0 Å². The first-order chi connectivity index (χ1) is 15.4. The lowest BCUT2D eigenvalue weighted by Crippen LogP contribution is -2.27. The number of carbonyl (C=O) groups is 1. The van der Waals surface area contributed by atoms with E-state index in [1.807, 2.05) is 40.7 Å². The zero-order valence-corrected chi connectivity index (χ0v) is 21.1. The van der Waals surface area contributed by atoms with Crippen molar-refractivity contribution in [2.45, 2.75) is 59.4 Å². The molecule has 0 aliphatic carbocycles. The Morgan fingerprint density at radius 3 is 2.00 bits per heavy atom. The first-order valence-electron chi connectivity index (χ1n) is 11.0. The van der Waals surface area contributed by atoms with Gasteiger partial charge in [0.2, 0.25) is 0 Å². The highest BCUT2D eigenvalue weighted by Gasteiger charge is 2.21. The van der Waals surface area contributed by atoms with Gasteiger partial charge in [-0.05, 0) is 112 Å². The van der Waals surface area contributed by atoms with Crippen molar-refractivity contribution in [3.63, 3.8) is 0 Å². The first-order valence-corrected chi connectivity index (χ1v) is 12.5. The first kappa shape index (κ1) is 24.5. The lowest BCUT2D eigenvalue weighted by atomic mass is 9.96. The summed E-state index contributed by atoms with van der Waals surface area (Å²) in [7, 11) is -3.86. The van der Waals surface area contributed by atoms with Gasteiger partial charge in [-0.25, -0.2) is 8.42 Å². The molecule has 0 bridgehead atoms. The van der Waals surface area contributed by atoms with E-state index < -0.39 is 10.0 Å². The Labute approximate surface area is 197 Å². The van der Waals surface area contributed by atoms with Gasteiger partial charge in [0, 0.05) is 11.3 Å². The molecule has 3 aromatic rings. The second kappa shape index (κ2) is 9.40. The van der Waals surface area contributed by atoms with Gasteiger partial charge in [0.05, 0.1) is 10.9 Å². The summed E-state index contributed by atoms with van der Waals surface area (Å²) in [6, 6.07) is 14.2. The van der Waals surface area contributed by atoms with Crippen LogP contribution >= 0.6 is 0 Å². The average Bonchev–Trinajstić information content (AvgIpc) is 2.73. The van der Waals surface area contributed by atoms with E-state index in [0.717, 1.165) is 27.8 Å². The van der Waals surface area contributed by atoms with E-state index in [1.54, 1.807) is 31.2 Å². The monoisotopic (exact) mass is 464 g/mol. The highest BCUT2D eigenvalue weighted by molar-refractivity contribution is 7.92.